The molecule has 1 aliphatic heterocycles. The molecule has 0 unspecified atom stereocenters. The highest BCUT2D eigenvalue weighted by Crippen LogP contribution is 2.24. The van der Waals surface area contributed by atoms with Crippen LogP contribution in [0.3, 0.4) is 0 Å². The van der Waals surface area contributed by atoms with Crippen molar-refractivity contribution in [2.45, 2.75) is 13.8 Å². The quantitative estimate of drug-likeness (QED) is 0.882. The van der Waals surface area contributed by atoms with Crippen LogP contribution in [0.1, 0.15) is 43.7 Å². The van der Waals surface area contributed by atoms with Gasteiger partial charge in [-0.2, -0.15) is 0 Å². The third kappa shape index (κ3) is 2.29. The minimum Gasteiger partial charge on any atom is -0.298 e. The Morgan fingerprint density at radius 1 is 1.27 bits per heavy atom. The summed E-state index contributed by atoms with van der Waals surface area (Å²) in [4.78, 5) is 41.7. The molecule has 0 radical (unpaired) electrons. The number of nitrogens with one attached hydrogen (secondary N) is 1. The molecule has 112 valence electrons. The molecule has 0 saturated heterocycles. The smallest absolute Gasteiger partial charge is 0.261 e. The van der Waals surface area contributed by atoms with E-state index >= 15 is 0 Å². The number of aromatic nitrogens is 1. The average molecular weight is 315 g/mol. The Morgan fingerprint density at radius 2 is 2.00 bits per heavy atom. The van der Waals surface area contributed by atoms with Crippen LogP contribution in [-0.4, -0.2) is 34.2 Å². The van der Waals surface area contributed by atoms with Crippen molar-refractivity contribution in [2.75, 3.05) is 11.9 Å². The Kier molecular flexibility index (Phi) is 3.50. The topological polar surface area (TPSA) is 79.4 Å². The first kappa shape index (κ1) is 14.4. The Labute approximate surface area is 130 Å². The molecule has 3 amide bonds. The predicted molar refractivity (Wildman–Crippen MR) is 82.3 cm³/mol. The molecule has 7 heteroatoms. The minimum atomic E-state index is -0.359. The molecule has 1 aromatic carbocycles. The van der Waals surface area contributed by atoms with Gasteiger partial charge in [0.15, 0.2) is 5.13 Å². The minimum absolute atomic E-state index is 0.273. The highest BCUT2D eigenvalue weighted by atomic mass is 32.1. The van der Waals surface area contributed by atoms with Crippen molar-refractivity contribution in [3.8, 4) is 0 Å². The first-order valence-corrected chi connectivity index (χ1v) is 7.63. The largest absolute Gasteiger partial charge is 0.298 e. The maximum Gasteiger partial charge on any atom is 0.261 e. The third-order valence-corrected chi connectivity index (χ3v) is 4.26. The van der Waals surface area contributed by atoms with Crippen LogP contribution in [0, 0.1) is 6.92 Å². The summed E-state index contributed by atoms with van der Waals surface area (Å²) in [6.45, 7) is 3.89. The molecule has 3 rings (SSSR count). The molecule has 1 aromatic heterocycles. The Balaban J connectivity index is 1.89. The van der Waals surface area contributed by atoms with Gasteiger partial charge in [0.2, 0.25) is 0 Å². The molecule has 2 heterocycles. The fraction of sp³-hybridized carbons (Fsp3) is 0.200. The summed E-state index contributed by atoms with van der Waals surface area (Å²) in [5, 5.41) is 5.01. The second-order valence-corrected chi connectivity index (χ2v) is 5.72. The van der Waals surface area contributed by atoms with Crippen LogP contribution in [0.25, 0.3) is 0 Å². The Morgan fingerprint density at radius 3 is 2.64 bits per heavy atom. The van der Waals surface area contributed by atoms with E-state index in [9.17, 15) is 14.4 Å². The van der Waals surface area contributed by atoms with E-state index in [1.165, 1.54) is 23.5 Å². The third-order valence-electron chi connectivity index (χ3n) is 3.39. The van der Waals surface area contributed by atoms with Crippen LogP contribution < -0.4 is 5.32 Å². The van der Waals surface area contributed by atoms with Crippen LogP contribution in [0.5, 0.6) is 0 Å². The predicted octanol–water partition coefficient (Wildman–Crippen LogP) is 2.32. The number of amides is 3. The SMILES string of the molecule is CCN1C(=O)c2ccc(C(=O)Nc3nc(C)cs3)cc2C1=O. The molecule has 0 atom stereocenters. The van der Waals surface area contributed by atoms with Crippen molar-refractivity contribution in [3.63, 3.8) is 0 Å². The molecule has 22 heavy (non-hydrogen) atoms. The fourth-order valence-electron chi connectivity index (χ4n) is 2.30. The van der Waals surface area contributed by atoms with E-state index in [-0.39, 0.29) is 23.3 Å². The lowest BCUT2D eigenvalue weighted by Crippen LogP contribution is -2.29. The van der Waals surface area contributed by atoms with E-state index in [2.05, 4.69) is 10.3 Å². The number of fused-ring (bicyclic) bond motifs is 1. The van der Waals surface area contributed by atoms with Gasteiger partial charge in [0.05, 0.1) is 16.8 Å². The van der Waals surface area contributed by atoms with Crippen molar-refractivity contribution in [2.24, 2.45) is 0 Å². The number of aryl methyl sites for hydroxylation is 1. The zero-order chi connectivity index (χ0) is 15.9. The number of carbonyl (C=O) groups excluding carboxylic acids is 3. The van der Waals surface area contributed by atoms with Gasteiger partial charge in [-0.15, -0.1) is 11.3 Å². The first-order chi connectivity index (χ1) is 10.5. The molecule has 0 fully saturated rings. The lowest BCUT2D eigenvalue weighted by Gasteiger charge is -2.08. The molecule has 6 nitrogen and oxygen atoms in total. The summed E-state index contributed by atoms with van der Waals surface area (Å²) in [5.41, 5.74) is 1.77. The number of nitrogens with zero attached hydrogens (tertiary/aromatic N) is 2. The number of carbonyl (C=O) groups is 3. The van der Waals surface area contributed by atoms with Crippen molar-refractivity contribution in [1.29, 1.82) is 0 Å². The molecule has 1 aliphatic rings. The maximum atomic E-state index is 12.2. The van der Waals surface area contributed by atoms with E-state index in [4.69, 9.17) is 0 Å². The highest BCUT2D eigenvalue weighted by molar-refractivity contribution is 7.13. The van der Waals surface area contributed by atoms with Crippen molar-refractivity contribution >= 4 is 34.2 Å². The van der Waals surface area contributed by atoms with Gasteiger partial charge >= 0.3 is 0 Å². The van der Waals surface area contributed by atoms with E-state index in [1.807, 2.05) is 12.3 Å². The summed E-state index contributed by atoms with van der Waals surface area (Å²) in [7, 11) is 0. The molecule has 0 bridgehead atoms. The van der Waals surface area contributed by atoms with E-state index < -0.39 is 0 Å². The monoisotopic (exact) mass is 315 g/mol. The van der Waals surface area contributed by atoms with Gasteiger partial charge in [0.25, 0.3) is 17.7 Å². The Bertz CT molecular complexity index is 797. The molecule has 2 aromatic rings. The van der Waals surface area contributed by atoms with Gasteiger partial charge in [0.1, 0.15) is 0 Å². The van der Waals surface area contributed by atoms with Gasteiger partial charge in [-0.1, -0.05) is 0 Å². The van der Waals surface area contributed by atoms with Gasteiger partial charge in [-0.3, -0.25) is 24.6 Å². The van der Waals surface area contributed by atoms with Crippen LogP contribution in [0.2, 0.25) is 0 Å². The molecule has 0 spiro atoms. The Hall–Kier alpha value is -2.54. The number of imide groups is 1. The van der Waals surface area contributed by atoms with Crippen LogP contribution in [-0.2, 0) is 0 Å². The molecular weight excluding hydrogens is 302 g/mol. The first-order valence-electron chi connectivity index (χ1n) is 6.75. The highest BCUT2D eigenvalue weighted by Gasteiger charge is 2.34. The van der Waals surface area contributed by atoms with Crippen molar-refractivity contribution in [3.05, 3.63) is 46.0 Å². The van der Waals surface area contributed by atoms with Crippen LogP contribution in [0.15, 0.2) is 23.6 Å². The van der Waals surface area contributed by atoms with Gasteiger partial charge in [0, 0.05) is 17.5 Å². The number of hydrogen-bond donors (Lipinski definition) is 1. The van der Waals surface area contributed by atoms with Crippen LogP contribution >= 0.6 is 11.3 Å². The number of hydrogen-bond acceptors (Lipinski definition) is 5. The maximum absolute atomic E-state index is 12.2. The molecule has 1 N–H and O–H groups in total. The van der Waals surface area contributed by atoms with Crippen molar-refractivity contribution in [1.82, 2.24) is 9.88 Å². The molecule has 0 aliphatic carbocycles. The average Bonchev–Trinajstić information content (AvgIpc) is 3.01. The fourth-order valence-corrected chi connectivity index (χ4v) is 2.98. The summed E-state index contributed by atoms with van der Waals surface area (Å²) < 4.78 is 0. The number of thiazole rings is 1. The second kappa shape index (κ2) is 5.34. The zero-order valence-corrected chi connectivity index (χ0v) is 12.9. The van der Waals surface area contributed by atoms with E-state index in [0.29, 0.717) is 22.8 Å². The van der Waals surface area contributed by atoms with E-state index in [1.54, 1.807) is 13.0 Å². The normalized spacial score (nSPS) is 13.5. The van der Waals surface area contributed by atoms with E-state index in [0.717, 1.165) is 10.6 Å². The number of rotatable bonds is 3. The summed E-state index contributed by atoms with van der Waals surface area (Å²) >= 11 is 1.33. The lowest BCUT2D eigenvalue weighted by molar-refractivity contribution is 0.0662. The number of anilines is 1. The number of benzene rings is 1. The lowest BCUT2D eigenvalue weighted by atomic mass is 10.1. The van der Waals surface area contributed by atoms with Gasteiger partial charge in [-0.05, 0) is 32.0 Å². The second-order valence-electron chi connectivity index (χ2n) is 4.86. The zero-order valence-electron chi connectivity index (χ0n) is 12.0. The molecular formula is C15H13N3O3S. The molecule has 0 saturated carbocycles. The van der Waals surface area contributed by atoms with Crippen LogP contribution in [0.4, 0.5) is 5.13 Å². The van der Waals surface area contributed by atoms with Gasteiger partial charge in [-0.25, -0.2) is 4.98 Å². The van der Waals surface area contributed by atoms with Crippen molar-refractivity contribution < 1.29 is 14.4 Å². The summed E-state index contributed by atoms with van der Waals surface area (Å²) in [6, 6.07) is 4.52. The summed E-state index contributed by atoms with van der Waals surface area (Å²) in [6.07, 6.45) is 0. The van der Waals surface area contributed by atoms with Gasteiger partial charge < -0.3 is 0 Å². The standard InChI is InChI=1S/C15H13N3O3S/c1-3-18-13(20)10-5-4-9(6-11(10)14(18)21)12(19)17-15-16-8(2)7-22-15/h4-7H,3H2,1-2H3,(H,16,17,19). The summed E-state index contributed by atoms with van der Waals surface area (Å²) in [5.74, 6) is -1.03.